The quantitative estimate of drug-likeness (QED) is 0.703. The van der Waals surface area contributed by atoms with Gasteiger partial charge in [0.2, 0.25) is 0 Å². The van der Waals surface area contributed by atoms with Crippen LogP contribution in [-0.4, -0.2) is 38.5 Å². The first kappa shape index (κ1) is 15.9. The van der Waals surface area contributed by atoms with Gasteiger partial charge in [0.1, 0.15) is 11.5 Å². The van der Waals surface area contributed by atoms with E-state index in [1.165, 1.54) is 6.42 Å². The predicted octanol–water partition coefficient (Wildman–Crippen LogP) is 1.75. The van der Waals surface area contributed by atoms with Gasteiger partial charge in [-0.15, -0.1) is 6.07 Å². The summed E-state index contributed by atoms with van der Waals surface area (Å²) in [6.07, 6.45) is 9.64. The Morgan fingerprint density at radius 2 is 2.26 bits per heavy atom. The van der Waals surface area contributed by atoms with Gasteiger partial charge < -0.3 is 20.0 Å². The normalized spacial score (nSPS) is 17.7. The first-order chi connectivity index (χ1) is 10.9. The molecule has 23 heavy (non-hydrogen) atoms. The molecule has 0 spiro atoms. The van der Waals surface area contributed by atoms with Crippen molar-refractivity contribution in [2.45, 2.75) is 18.9 Å². The summed E-state index contributed by atoms with van der Waals surface area (Å²) in [4.78, 5) is 13.4. The van der Waals surface area contributed by atoms with Gasteiger partial charge in [-0.2, -0.15) is 12.1 Å². The van der Waals surface area contributed by atoms with Crippen molar-refractivity contribution in [3.63, 3.8) is 0 Å². The standard InChI is InChI=1S/C16H17N6.Co/c1-2-7-22-14(10-19-16(22)5-1)13-9-18-11-15(21-13)20-12-4-3-6-17-8-12;/h2,5,7,9-12,17H,3-4,6,8H2,(H,20,21);/q-1;/t12-;/m1./s1. The minimum Gasteiger partial charge on any atom is -0.406 e. The molecule has 3 aromatic rings. The molecule has 1 aliphatic rings. The fraction of sp³-hybridized carbons (Fsp3) is 0.312. The molecule has 1 radical (unpaired) electrons. The number of aromatic nitrogens is 4. The number of hydrogen-bond donors (Lipinski definition) is 2. The third kappa shape index (κ3) is 3.36. The first-order valence-electron chi connectivity index (χ1n) is 7.53. The number of rotatable bonds is 3. The third-order valence-corrected chi connectivity index (χ3v) is 3.90. The van der Waals surface area contributed by atoms with Gasteiger partial charge in [0.25, 0.3) is 0 Å². The topological polar surface area (TPSA) is 67.1 Å². The molecular weight excluding hydrogens is 335 g/mol. The van der Waals surface area contributed by atoms with Crippen molar-refractivity contribution in [2.75, 3.05) is 18.4 Å². The van der Waals surface area contributed by atoms with Crippen LogP contribution in [0.15, 0.2) is 36.9 Å². The van der Waals surface area contributed by atoms with Crippen LogP contribution in [-0.2, 0) is 16.8 Å². The molecule has 4 heterocycles. The SMILES string of the molecule is [Co].[c-]1ccn2c(-c3cncc(N[C@@H]4CCCNC4)n3)cnc2c1. The Labute approximate surface area is 145 Å². The molecule has 7 heteroatoms. The Morgan fingerprint density at radius 1 is 1.30 bits per heavy atom. The van der Waals surface area contributed by atoms with E-state index >= 15 is 0 Å². The van der Waals surface area contributed by atoms with E-state index in [9.17, 15) is 0 Å². The molecule has 4 rings (SSSR count). The summed E-state index contributed by atoms with van der Waals surface area (Å²) in [5, 5.41) is 6.85. The van der Waals surface area contributed by atoms with Crippen LogP contribution in [0, 0.1) is 6.07 Å². The van der Waals surface area contributed by atoms with Crippen molar-refractivity contribution < 1.29 is 16.8 Å². The zero-order valence-electron chi connectivity index (χ0n) is 12.5. The number of fused-ring (bicyclic) bond motifs is 1. The van der Waals surface area contributed by atoms with E-state index in [0.717, 1.165) is 42.4 Å². The molecule has 0 aromatic carbocycles. The van der Waals surface area contributed by atoms with E-state index in [0.29, 0.717) is 6.04 Å². The maximum atomic E-state index is 4.69. The smallest absolute Gasteiger partial charge is 0.145 e. The van der Waals surface area contributed by atoms with Gasteiger partial charge in [0, 0.05) is 41.2 Å². The number of pyridine rings is 1. The van der Waals surface area contributed by atoms with Gasteiger partial charge in [0.05, 0.1) is 18.1 Å². The van der Waals surface area contributed by atoms with E-state index in [-0.39, 0.29) is 16.8 Å². The molecule has 6 nitrogen and oxygen atoms in total. The molecule has 2 N–H and O–H groups in total. The van der Waals surface area contributed by atoms with Crippen molar-refractivity contribution in [1.29, 1.82) is 0 Å². The summed E-state index contributed by atoms with van der Waals surface area (Å²) in [5.74, 6) is 0.809. The van der Waals surface area contributed by atoms with Gasteiger partial charge in [-0.25, -0.2) is 4.98 Å². The minimum absolute atomic E-state index is 0. The summed E-state index contributed by atoms with van der Waals surface area (Å²) in [7, 11) is 0. The maximum absolute atomic E-state index is 4.69. The maximum Gasteiger partial charge on any atom is 0.145 e. The van der Waals surface area contributed by atoms with Crippen molar-refractivity contribution in [2.24, 2.45) is 0 Å². The fourth-order valence-corrected chi connectivity index (χ4v) is 2.81. The van der Waals surface area contributed by atoms with E-state index in [1.54, 1.807) is 12.4 Å². The Kier molecular flexibility index (Phi) is 4.90. The molecule has 3 aromatic heterocycles. The monoisotopic (exact) mass is 352 g/mol. The molecule has 0 amide bonds. The summed E-state index contributed by atoms with van der Waals surface area (Å²) in [5.41, 5.74) is 2.60. The molecule has 0 unspecified atom stereocenters. The zero-order valence-corrected chi connectivity index (χ0v) is 13.5. The Morgan fingerprint density at radius 3 is 3.13 bits per heavy atom. The van der Waals surface area contributed by atoms with Crippen LogP contribution in [0.2, 0.25) is 0 Å². The molecular formula is C16H17CoN6-. The summed E-state index contributed by atoms with van der Waals surface area (Å²) in [6.45, 7) is 2.07. The van der Waals surface area contributed by atoms with Gasteiger partial charge in [0.15, 0.2) is 0 Å². The van der Waals surface area contributed by atoms with Gasteiger partial charge >= 0.3 is 0 Å². The molecule has 1 aliphatic heterocycles. The molecule has 1 atom stereocenters. The molecule has 0 aliphatic carbocycles. The van der Waals surface area contributed by atoms with Crippen LogP contribution in [0.5, 0.6) is 0 Å². The number of nitrogens with zero attached hydrogens (tertiary/aromatic N) is 4. The van der Waals surface area contributed by atoms with Gasteiger partial charge in [-0.05, 0) is 19.4 Å². The van der Waals surface area contributed by atoms with Crippen LogP contribution in [0.1, 0.15) is 12.8 Å². The van der Waals surface area contributed by atoms with Crippen molar-refractivity contribution in [1.82, 2.24) is 24.7 Å². The molecule has 1 saturated heterocycles. The van der Waals surface area contributed by atoms with Crippen molar-refractivity contribution in [3.05, 3.63) is 43.0 Å². The average molecular weight is 352 g/mol. The third-order valence-electron chi connectivity index (χ3n) is 3.90. The second kappa shape index (κ2) is 7.07. The number of nitrogens with one attached hydrogen (secondary N) is 2. The van der Waals surface area contributed by atoms with E-state index < -0.39 is 0 Å². The summed E-state index contributed by atoms with van der Waals surface area (Å²) >= 11 is 0. The molecule has 0 bridgehead atoms. The Bertz CT molecular complexity index is 781. The van der Waals surface area contributed by atoms with Crippen LogP contribution < -0.4 is 10.6 Å². The Hall–Kier alpha value is -1.96. The summed E-state index contributed by atoms with van der Waals surface area (Å²) in [6, 6.07) is 7.16. The zero-order chi connectivity index (χ0) is 14.8. The largest absolute Gasteiger partial charge is 0.406 e. The molecule has 121 valence electrons. The van der Waals surface area contributed by atoms with Gasteiger partial charge in [-0.1, -0.05) is 6.20 Å². The Balaban J connectivity index is 0.00000156. The van der Waals surface area contributed by atoms with Crippen LogP contribution in [0.4, 0.5) is 5.82 Å². The van der Waals surface area contributed by atoms with E-state index in [2.05, 4.69) is 31.7 Å². The number of imidazole rings is 1. The van der Waals surface area contributed by atoms with Crippen molar-refractivity contribution >= 4 is 11.5 Å². The molecule has 0 saturated carbocycles. The molecule has 1 fully saturated rings. The second-order valence-corrected chi connectivity index (χ2v) is 5.48. The van der Waals surface area contributed by atoms with Crippen LogP contribution in [0.3, 0.4) is 0 Å². The van der Waals surface area contributed by atoms with E-state index in [1.807, 2.05) is 28.9 Å². The van der Waals surface area contributed by atoms with Crippen LogP contribution >= 0.6 is 0 Å². The second-order valence-electron chi connectivity index (χ2n) is 5.48. The summed E-state index contributed by atoms with van der Waals surface area (Å²) < 4.78 is 1.99. The van der Waals surface area contributed by atoms with E-state index in [4.69, 9.17) is 0 Å². The minimum atomic E-state index is 0. The van der Waals surface area contributed by atoms with Crippen LogP contribution in [0.25, 0.3) is 17.0 Å². The predicted molar refractivity (Wildman–Crippen MR) is 84.6 cm³/mol. The number of anilines is 1. The fourth-order valence-electron chi connectivity index (χ4n) is 2.81. The van der Waals surface area contributed by atoms with Crippen molar-refractivity contribution in [3.8, 4) is 11.4 Å². The average Bonchev–Trinajstić information content (AvgIpc) is 3.00. The number of piperidine rings is 1. The van der Waals surface area contributed by atoms with Gasteiger partial charge in [-0.3, -0.25) is 4.98 Å². The number of hydrogen-bond acceptors (Lipinski definition) is 5. The first-order valence-corrected chi connectivity index (χ1v) is 7.53.